The Kier molecular flexibility index (Phi) is 5.29. The highest BCUT2D eigenvalue weighted by atomic mass is 35.5. The number of carbonyl (C=O) groups excluding carboxylic acids is 1. The average Bonchev–Trinajstić information content (AvgIpc) is 2.54. The number of fused-ring (bicyclic) bond motifs is 1. The second kappa shape index (κ2) is 7.29. The van der Waals surface area contributed by atoms with Crippen molar-refractivity contribution in [2.45, 2.75) is 31.7 Å². The Morgan fingerprint density at radius 3 is 2.40 bits per heavy atom. The molecule has 138 valence electrons. The molecule has 0 aliphatic carbocycles. The zero-order valence-corrected chi connectivity index (χ0v) is 14.0. The van der Waals surface area contributed by atoms with Crippen LogP contribution in [0, 0.1) is 0 Å². The fourth-order valence-electron chi connectivity index (χ4n) is 2.93. The number of hydrogen-bond acceptors (Lipinski definition) is 4. The highest BCUT2D eigenvalue weighted by Crippen LogP contribution is 2.35. The second-order valence-electron chi connectivity index (χ2n) is 5.91. The van der Waals surface area contributed by atoms with Crippen LogP contribution < -0.4 is 9.47 Å². The Hall–Kier alpha value is -1.67. The van der Waals surface area contributed by atoms with Crippen LogP contribution in [0.3, 0.4) is 0 Å². The van der Waals surface area contributed by atoms with E-state index in [9.17, 15) is 18.0 Å². The molecule has 1 fully saturated rings. The molecule has 0 saturated carbocycles. The highest BCUT2D eigenvalue weighted by molar-refractivity contribution is 6.31. The van der Waals surface area contributed by atoms with Gasteiger partial charge in [0.05, 0.1) is 12.5 Å². The first-order valence-electron chi connectivity index (χ1n) is 7.92. The van der Waals surface area contributed by atoms with E-state index in [1.54, 1.807) is 12.1 Å². The number of piperidine rings is 1. The molecule has 1 amide bonds. The lowest BCUT2D eigenvalue weighted by Crippen LogP contribution is -2.42. The van der Waals surface area contributed by atoms with E-state index in [1.807, 2.05) is 0 Å². The van der Waals surface area contributed by atoms with E-state index >= 15 is 0 Å². The number of amides is 1. The molecule has 0 atom stereocenters. The van der Waals surface area contributed by atoms with Crippen molar-refractivity contribution in [1.29, 1.82) is 0 Å². The third-order valence-electron chi connectivity index (χ3n) is 4.15. The minimum Gasteiger partial charge on any atom is -0.486 e. The van der Waals surface area contributed by atoms with Crippen molar-refractivity contribution in [3.63, 3.8) is 0 Å². The van der Waals surface area contributed by atoms with Crippen molar-refractivity contribution in [2.24, 2.45) is 0 Å². The number of carbonyl (C=O) groups is 1. The summed E-state index contributed by atoms with van der Waals surface area (Å²) in [6, 6.07) is 3.29. The van der Waals surface area contributed by atoms with Crippen molar-refractivity contribution in [3.8, 4) is 11.5 Å². The molecule has 2 aliphatic heterocycles. The summed E-state index contributed by atoms with van der Waals surface area (Å²) < 4.78 is 51.6. The first-order chi connectivity index (χ1) is 11.8. The molecule has 9 heteroatoms. The molecule has 25 heavy (non-hydrogen) atoms. The second-order valence-corrected chi connectivity index (χ2v) is 6.31. The predicted molar refractivity (Wildman–Crippen MR) is 82.9 cm³/mol. The SMILES string of the molecule is O=C(Cc1cc2c(cc1Cl)OCCO2)N1CCC(OC(F)(F)F)CC1. The van der Waals surface area contributed by atoms with Gasteiger partial charge in [-0.1, -0.05) is 11.6 Å². The molecular formula is C16H17ClF3NO4. The molecule has 1 aromatic carbocycles. The number of ether oxygens (including phenoxy) is 3. The number of hydrogen-bond donors (Lipinski definition) is 0. The number of benzene rings is 1. The molecular weight excluding hydrogens is 363 g/mol. The summed E-state index contributed by atoms with van der Waals surface area (Å²) in [7, 11) is 0. The largest absolute Gasteiger partial charge is 0.522 e. The van der Waals surface area contributed by atoms with Gasteiger partial charge in [0.15, 0.2) is 11.5 Å². The maximum Gasteiger partial charge on any atom is 0.522 e. The third-order valence-corrected chi connectivity index (χ3v) is 4.50. The first kappa shape index (κ1) is 18.1. The van der Waals surface area contributed by atoms with Crippen LogP contribution in [0.5, 0.6) is 11.5 Å². The van der Waals surface area contributed by atoms with Gasteiger partial charge in [-0.2, -0.15) is 0 Å². The Morgan fingerprint density at radius 1 is 1.20 bits per heavy atom. The highest BCUT2D eigenvalue weighted by Gasteiger charge is 2.35. The third kappa shape index (κ3) is 4.70. The van der Waals surface area contributed by atoms with Gasteiger partial charge in [-0.25, -0.2) is 0 Å². The fourth-order valence-corrected chi connectivity index (χ4v) is 3.15. The zero-order chi connectivity index (χ0) is 18.0. The molecule has 0 unspecified atom stereocenters. The van der Waals surface area contributed by atoms with E-state index in [4.69, 9.17) is 21.1 Å². The van der Waals surface area contributed by atoms with Crippen LogP contribution in [0.4, 0.5) is 13.2 Å². The van der Waals surface area contributed by atoms with Gasteiger partial charge in [0.2, 0.25) is 5.91 Å². The number of nitrogens with zero attached hydrogens (tertiary/aromatic N) is 1. The van der Waals surface area contributed by atoms with Gasteiger partial charge in [0.25, 0.3) is 0 Å². The van der Waals surface area contributed by atoms with Gasteiger partial charge in [-0.15, -0.1) is 13.2 Å². The minimum absolute atomic E-state index is 0.0558. The van der Waals surface area contributed by atoms with Gasteiger partial charge in [0.1, 0.15) is 13.2 Å². The summed E-state index contributed by atoms with van der Waals surface area (Å²) in [6.07, 6.45) is -5.18. The molecule has 0 N–H and O–H groups in total. The van der Waals surface area contributed by atoms with Crippen molar-refractivity contribution in [2.75, 3.05) is 26.3 Å². The number of halogens is 4. The fraction of sp³-hybridized carbons (Fsp3) is 0.562. The summed E-state index contributed by atoms with van der Waals surface area (Å²) in [5, 5.41) is 0.396. The summed E-state index contributed by atoms with van der Waals surface area (Å²) in [5.74, 6) is 0.886. The average molecular weight is 380 g/mol. The summed E-state index contributed by atoms with van der Waals surface area (Å²) in [6.45, 7) is 1.31. The van der Waals surface area contributed by atoms with E-state index < -0.39 is 12.5 Å². The van der Waals surface area contributed by atoms with Gasteiger partial charge >= 0.3 is 6.36 Å². The minimum atomic E-state index is -4.64. The van der Waals surface area contributed by atoms with Crippen molar-refractivity contribution in [1.82, 2.24) is 4.90 Å². The van der Waals surface area contributed by atoms with Crippen LogP contribution in [0.25, 0.3) is 0 Å². The van der Waals surface area contributed by atoms with Crippen LogP contribution in [0.1, 0.15) is 18.4 Å². The first-order valence-corrected chi connectivity index (χ1v) is 8.30. The normalized spacial score (nSPS) is 18.3. The van der Waals surface area contributed by atoms with Crippen LogP contribution in [0.2, 0.25) is 5.02 Å². The lowest BCUT2D eigenvalue weighted by atomic mass is 10.1. The molecule has 2 aliphatic rings. The van der Waals surface area contributed by atoms with E-state index in [1.165, 1.54) is 4.90 Å². The van der Waals surface area contributed by atoms with Gasteiger partial charge in [-0.3, -0.25) is 9.53 Å². The summed E-state index contributed by atoms with van der Waals surface area (Å²) in [4.78, 5) is 13.9. The zero-order valence-electron chi connectivity index (χ0n) is 13.3. The lowest BCUT2D eigenvalue weighted by Gasteiger charge is -2.32. The molecule has 0 bridgehead atoms. The molecule has 0 radical (unpaired) electrons. The molecule has 0 spiro atoms. The Bertz CT molecular complexity index is 645. The van der Waals surface area contributed by atoms with Crippen molar-refractivity contribution >= 4 is 17.5 Å². The maximum absolute atomic E-state index is 12.4. The van der Waals surface area contributed by atoms with E-state index in [2.05, 4.69) is 4.74 Å². The van der Waals surface area contributed by atoms with E-state index in [0.29, 0.717) is 35.3 Å². The van der Waals surface area contributed by atoms with Gasteiger partial charge < -0.3 is 14.4 Å². The Balaban J connectivity index is 1.58. The molecule has 0 aromatic heterocycles. The molecule has 2 heterocycles. The van der Waals surface area contributed by atoms with Crippen LogP contribution >= 0.6 is 11.6 Å². The van der Waals surface area contributed by atoms with Crippen molar-refractivity contribution in [3.05, 3.63) is 22.7 Å². The molecule has 1 saturated heterocycles. The molecule has 1 aromatic rings. The quantitative estimate of drug-likeness (QED) is 0.809. The molecule has 3 rings (SSSR count). The monoisotopic (exact) mass is 379 g/mol. The van der Waals surface area contributed by atoms with Crippen LogP contribution in [0.15, 0.2) is 12.1 Å². The number of alkyl halides is 3. The van der Waals surface area contributed by atoms with Crippen LogP contribution in [-0.2, 0) is 16.0 Å². The summed E-state index contributed by atoms with van der Waals surface area (Å²) in [5.41, 5.74) is 0.601. The maximum atomic E-state index is 12.4. The van der Waals surface area contributed by atoms with Crippen molar-refractivity contribution < 1.29 is 32.2 Å². The standard InChI is InChI=1S/C16H17ClF3NO4/c17-12-9-14-13(23-5-6-24-14)7-10(12)8-15(22)21-3-1-11(2-4-21)25-16(18,19)20/h7,9,11H,1-6,8H2. The van der Waals surface area contributed by atoms with E-state index in [0.717, 1.165) is 0 Å². The Labute approximate surface area is 147 Å². The van der Waals surface area contributed by atoms with E-state index in [-0.39, 0.29) is 38.3 Å². The smallest absolute Gasteiger partial charge is 0.486 e. The van der Waals surface area contributed by atoms with Gasteiger partial charge in [-0.05, 0) is 24.5 Å². The molecule has 5 nitrogen and oxygen atoms in total. The lowest BCUT2D eigenvalue weighted by molar-refractivity contribution is -0.345. The number of likely N-dealkylation sites (tertiary alicyclic amines) is 1. The van der Waals surface area contributed by atoms with Crippen LogP contribution in [-0.4, -0.2) is 49.6 Å². The topological polar surface area (TPSA) is 48.0 Å². The predicted octanol–water partition coefficient (Wildman–Crippen LogP) is 3.18. The Morgan fingerprint density at radius 2 is 1.80 bits per heavy atom. The van der Waals surface area contributed by atoms with Gasteiger partial charge in [0, 0.05) is 24.2 Å². The number of rotatable bonds is 3. The summed E-state index contributed by atoms with van der Waals surface area (Å²) >= 11 is 6.19.